The summed E-state index contributed by atoms with van der Waals surface area (Å²) < 4.78 is 6.64. The molecule has 0 unspecified atom stereocenters. The third-order valence-electron chi connectivity index (χ3n) is 4.65. The Labute approximate surface area is 139 Å². The molecule has 0 amide bonds. The van der Waals surface area contributed by atoms with Crippen molar-refractivity contribution in [3.8, 4) is 0 Å². The Balaban J connectivity index is 1.45. The number of hydrogen-bond donors (Lipinski definition) is 0. The summed E-state index contributed by atoms with van der Waals surface area (Å²) in [7, 11) is 0. The van der Waals surface area contributed by atoms with Crippen molar-refractivity contribution in [1.82, 2.24) is 9.88 Å². The second kappa shape index (κ2) is 6.32. The van der Waals surface area contributed by atoms with Crippen LogP contribution in [-0.4, -0.2) is 55.3 Å². The Morgan fingerprint density at radius 1 is 1.14 bits per heavy atom. The SMILES string of the molecule is Clc1cccc2sc(N3CCN(C4CCOCC4)CC3)nc12. The van der Waals surface area contributed by atoms with E-state index >= 15 is 0 Å². The van der Waals surface area contributed by atoms with Crippen LogP contribution in [-0.2, 0) is 4.74 Å². The molecule has 2 aliphatic heterocycles. The van der Waals surface area contributed by atoms with Crippen LogP contribution in [0, 0.1) is 0 Å². The zero-order valence-electron chi connectivity index (χ0n) is 12.5. The highest BCUT2D eigenvalue weighted by Crippen LogP contribution is 2.33. The van der Waals surface area contributed by atoms with Gasteiger partial charge in [0.25, 0.3) is 0 Å². The van der Waals surface area contributed by atoms with Crippen LogP contribution >= 0.6 is 22.9 Å². The van der Waals surface area contributed by atoms with Gasteiger partial charge in [0, 0.05) is 45.4 Å². The third-order valence-corrected chi connectivity index (χ3v) is 6.04. The van der Waals surface area contributed by atoms with Crippen molar-refractivity contribution in [3.63, 3.8) is 0 Å². The minimum absolute atomic E-state index is 0.709. The molecule has 0 saturated carbocycles. The van der Waals surface area contributed by atoms with Gasteiger partial charge >= 0.3 is 0 Å². The van der Waals surface area contributed by atoms with Crippen LogP contribution in [0.1, 0.15) is 12.8 Å². The highest BCUT2D eigenvalue weighted by molar-refractivity contribution is 7.22. The topological polar surface area (TPSA) is 28.6 Å². The van der Waals surface area contributed by atoms with Crippen LogP contribution in [0.15, 0.2) is 18.2 Å². The van der Waals surface area contributed by atoms with E-state index in [0.717, 1.165) is 55.1 Å². The molecule has 0 spiro atoms. The molecule has 0 bridgehead atoms. The number of nitrogens with zero attached hydrogens (tertiary/aromatic N) is 3. The fourth-order valence-corrected chi connectivity index (χ4v) is 4.68. The van der Waals surface area contributed by atoms with Crippen molar-refractivity contribution in [1.29, 1.82) is 0 Å². The molecule has 6 heteroatoms. The third kappa shape index (κ3) is 2.83. The number of ether oxygens (including phenoxy) is 1. The first kappa shape index (κ1) is 14.7. The van der Waals surface area contributed by atoms with E-state index in [4.69, 9.17) is 21.3 Å². The Hall–Kier alpha value is -0.880. The zero-order valence-corrected chi connectivity index (χ0v) is 14.1. The lowest BCUT2D eigenvalue weighted by atomic mass is 10.1. The van der Waals surface area contributed by atoms with E-state index in [1.54, 1.807) is 11.3 Å². The van der Waals surface area contributed by atoms with Crippen molar-refractivity contribution in [2.45, 2.75) is 18.9 Å². The Bertz CT molecular complexity index is 648. The molecule has 4 nitrogen and oxygen atoms in total. The van der Waals surface area contributed by atoms with Crippen molar-refractivity contribution in [2.24, 2.45) is 0 Å². The summed E-state index contributed by atoms with van der Waals surface area (Å²) in [4.78, 5) is 9.77. The van der Waals surface area contributed by atoms with Crippen molar-refractivity contribution in [3.05, 3.63) is 23.2 Å². The molecule has 0 radical (unpaired) electrons. The molecule has 1 aromatic carbocycles. The molecule has 1 aromatic heterocycles. The quantitative estimate of drug-likeness (QED) is 0.841. The summed E-state index contributed by atoms with van der Waals surface area (Å²) in [5.41, 5.74) is 0.941. The van der Waals surface area contributed by atoms with E-state index in [1.165, 1.54) is 17.5 Å². The maximum Gasteiger partial charge on any atom is 0.186 e. The molecule has 2 aromatic rings. The Morgan fingerprint density at radius 3 is 2.64 bits per heavy atom. The van der Waals surface area contributed by atoms with Crippen LogP contribution in [0.5, 0.6) is 0 Å². The first-order valence-corrected chi connectivity index (χ1v) is 9.12. The number of thiazole rings is 1. The molecule has 118 valence electrons. The van der Waals surface area contributed by atoms with Gasteiger partial charge in [-0.2, -0.15) is 0 Å². The molecule has 0 N–H and O–H groups in total. The summed E-state index contributed by atoms with van der Waals surface area (Å²) in [6.07, 6.45) is 2.35. The predicted molar refractivity (Wildman–Crippen MR) is 92.3 cm³/mol. The molecule has 0 atom stereocenters. The van der Waals surface area contributed by atoms with E-state index in [-0.39, 0.29) is 0 Å². The van der Waals surface area contributed by atoms with Crippen LogP contribution < -0.4 is 4.90 Å². The van der Waals surface area contributed by atoms with Crippen LogP contribution in [0.25, 0.3) is 10.2 Å². The monoisotopic (exact) mass is 337 g/mol. The number of para-hydroxylation sites is 1. The smallest absolute Gasteiger partial charge is 0.186 e. The number of anilines is 1. The lowest BCUT2D eigenvalue weighted by Crippen LogP contribution is -2.51. The van der Waals surface area contributed by atoms with Gasteiger partial charge in [0.2, 0.25) is 0 Å². The number of piperazine rings is 1. The number of halogens is 1. The first-order chi connectivity index (χ1) is 10.8. The van der Waals surface area contributed by atoms with Crippen LogP contribution in [0.4, 0.5) is 5.13 Å². The molecule has 22 heavy (non-hydrogen) atoms. The van der Waals surface area contributed by atoms with Gasteiger partial charge in [0.15, 0.2) is 5.13 Å². The van der Waals surface area contributed by atoms with Gasteiger partial charge in [0.05, 0.1) is 9.72 Å². The average molecular weight is 338 g/mol. The standard InChI is InChI=1S/C16H20ClN3OS/c17-13-2-1-3-14-15(13)18-16(22-14)20-8-6-19(7-9-20)12-4-10-21-11-5-12/h1-3,12H,4-11H2. The summed E-state index contributed by atoms with van der Waals surface area (Å²) in [5.74, 6) is 0. The van der Waals surface area contributed by atoms with Gasteiger partial charge in [-0.15, -0.1) is 0 Å². The van der Waals surface area contributed by atoms with E-state index in [9.17, 15) is 0 Å². The van der Waals surface area contributed by atoms with Crippen molar-refractivity contribution in [2.75, 3.05) is 44.3 Å². The van der Waals surface area contributed by atoms with Gasteiger partial charge in [-0.1, -0.05) is 29.0 Å². The normalized spacial score (nSPS) is 21.6. The fraction of sp³-hybridized carbons (Fsp3) is 0.562. The van der Waals surface area contributed by atoms with E-state index in [0.29, 0.717) is 6.04 Å². The minimum atomic E-state index is 0.709. The van der Waals surface area contributed by atoms with Crippen LogP contribution in [0.2, 0.25) is 5.02 Å². The van der Waals surface area contributed by atoms with Crippen molar-refractivity contribution < 1.29 is 4.74 Å². The highest BCUT2D eigenvalue weighted by Gasteiger charge is 2.26. The van der Waals surface area contributed by atoms with Gasteiger partial charge in [0.1, 0.15) is 5.52 Å². The number of rotatable bonds is 2. The molecule has 2 saturated heterocycles. The minimum Gasteiger partial charge on any atom is -0.381 e. The van der Waals surface area contributed by atoms with E-state index in [2.05, 4.69) is 15.9 Å². The summed E-state index contributed by atoms with van der Waals surface area (Å²) in [5, 5.41) is 1.86. The molecule has 2 fully saturated rings. The van der Waals surface area contributed by atoms with E-state index in [1.807, 2.05) is 12.1 Å². The first-order valence-electron chi connectivity index (χ1n) is 7.93. The maximum absolute atomic E-state index is 6.24. The number of benzene rings is 1. The number of aromatic nitrogens is 1. The van der Waals surface area contributed by atoms with E-state index < -0.39 is 0 Å². The second-order valence-corrected chi connectivity index (χ2v) is 7.37. The molecule has 4 rings (SSSR count). The van der Waals surface area contributed by atoms with Gasteiger partial charge < -0.3 is 9.64 Å². The highest BCUT2D eigenvalue weighted by atomic mass is 35.5. The van der Waals surface area contributed by atoms with Crippen LogP contribution in [0.3, 0.4) is 0 Å². The zero-order chi connectivity index (χ0) is 14.9. The Kier molecular flexibility index (Phi) is 4.22. The molecule has 0 aliphatic carbocycles. The second-order valence-electron chi connectivity index (χ2n) is 5.95. The summed E-state index contributed by atoms with van der Waals surface area (Å²) in [6.45, 7) is 6.18. The largest absolute Gasteiger partial charge is 0.381 e. The maximum atomic E-state index is 6.24. The Morgan fingerprint density at radius 2 is 1.91 bits per heavy atom. The summed E-state index contributed by atoms with van der Waals surface area (Å²) in [6, 6.07) is 6.72. The lowest BCUT2D eigenvalue weighted by molar-refractivity contribution is 0.0321. The van der Waals surface area contributed by atoms with Gasteiger partial charge in [-0.3, -0.25) is 4.90 Å². The van der Waals surface area contributed by atoms with Crippen molar-refractivity contribution >= 4 is 38.3 Å². The molecule has 2 aliphatic rings. The average Bonchev–Trinajstić information content (AvgIpc) is 3.02. The fourth-order valence-electron chi connectivity index (χ4n) is 3.37. The number of fused-ring (bicyclic) bond motifs is 1. The lowest BCUT2D eigenvalue weighted by Gasteiger charge is -2.40. The molecular formula is C16H20ClN3OS. The molecular weight excluding hydrogens is 318 g/mol. The van der Waals surface area contributed by atoms with Gasteiger partial charge in [-0.25, -0.2) is 4.98 Å². The summed E-state index contributed by atoms with van der Waals surface area (Å²) >= 11 is 7.99. The predicted octanol–water partition coefficient (Wildman–Crippen LogP) is 3.25. The molecule has 3 heterocycles. The van der Waals surface area contributed by atoms with Gasteiger partial charge in [-0.05, 0) is 25.0 Å². The number of hydrogen-bond acceptors (Lipinski definition) is 5.